The van der Waals surface area contributed by atoms with Crippen LogP contribution in [0.3, 0.4) is 0 Å². The molecule has 74 valence electrons. The van der Waals surface area contributed by atoms with Gasteiger partial charge in [0.05, 0.1) is 12.2 Å². The Balaban J connectivity index is 0.000000354. The quantitative estimate of drug-likeness (QED) is 0.483. The van der Waals surface area contributed by atoms with Gasteiger partial charge >= 0.3 is 0 Å². The first kappa shape index (κ1) is 11.8. The molecule has 1 heterocycles. The molecule has 0 spiro atoms. The summed E-state index contributed by atoms with van der Waals surface area (Å²) in [5.74, 6) is 0. The van der Waals surface area contributed by atoms with Crippen LogP contribution in [0.1, 0.15) is 26.7 Å². The second-order valence-corrected chi connectivity index (χ2v) is 2.84. The lowest BCUT2D eigenvalue weighted by molar-refractivity contribution is -0.183. The average molecular weight is 178 g/mol. The minimum absolute atomic E-state index is 0.0104. The Kier molecular flexibility index (Phi) is 6.28. The van der Waals surface area contributed by atoms with Crippen molar-refractivity contribution in [1.29, 1.82) is 0 Å². The third-order valence-electron chi connectivity index (χ3n) is 1.47. The van der Waals surface area contributed by atoms with Gasteiger partial charge in [0.25, 0.3) is 0 Å². The highest BCUT2D eigenvalue weighted by atomic mass is 16.6. The topological polar surface area (TPSA) is 69.9 Å². The van der Waals surface area contributed by atoms with Crippen molar-refractivity contribution in [3.05, 3.63) is 0 Å². The van der Waals surface area contributed by atoms with Gasteiger partial charge in [-0.1, -0.05) is 0 Å². The Hall–Kier alpha value is -0.160. The van der Waals surface area contributed by atoms with E-state index in [0.29, 0.717) is 12.8 Å². The number of hydrogen-bond donors (Lipinski definition) is 3. The van der Waals surface area contributed by atoms with E-state index in [2.05, 4.69) is 0 Å². The summed E-state index contributed by atoms with van der Waals surface area (Å²) < 4.78 is 4.95. The molecule has 0 aromatic carbocycles. The van der Waals surface area contributed by atoms with Gasteiger partial charge in [-0.25, -0.2) is 0 Å². The summed E-state index contributed by atoms with van der Waals surface area (Å²) in [5, 5.41) is 25.4. The highest BCUT2D eigenvalue weighted by Gasteiger charge is 2.23. The van der Waals surface area contributed by atoms with Gasteiger partial charge in [-0.2, -0.15) is 0 Å². The molecule has 4 nitrogen and oxygen atoms in total. The molecule has 0 amide bonds. The Morgan fingerprint density at radius 1 is 1.33 bits per heavy atom. The molecule has 1 saturated heterocycles. The van der Waals surface area contributed by atoms with Crippen LogP contribution < -0.4 is 0 Å². The summed E-state index contributed by atoms with van der Waals surface area (Å²) in [6.07, 6.45) is -0.169. The van der Waals surface area contributed by atoms with E-state index in [1.54, 1.807) is 6.92 Å². The minimum atomic E-state index is -0.760. The van der Waals surface area contributed by atoms with E-state index in [1.165, 1.54) is 0 Å². The zero-order chi connectivity index (χ0) is 9.56. The number of ether oxygens (including phenoxy) is 1. The van der Waals surface area contributed by atoms with Crippen LogP contribution in [0.15, 0.2) is 0 Å². The standard InChI is InChI=1S/C6H12O3.C2H6O/c1-4-2-5(7)3-6(8)9-4;1-2-3/h4-8H,2-3H2,1H3;3H,2H2,1H3. The molecule has 0 bridgehead atoms. The first-order valence-electron chi connectivity index (χ1n) is 4.22. The van der Waals surface area contributed by atoms with Crippen LogP contribution in [0.5, 0.6) is 0 Å². The molecule has 1 aliphatic rings. The van der Waals surface area contributed by atoms with Crippen molar-refractivity contribution in [2.24, 2.45) is 0 Å². The minimum Gasteiger partial charge on any atom is -0.397 e. The monoisotopic (exact) mass is 178 g/mol. The summed E-state index contributed by atoms with van der Waals surface area (Å²) in [6.45, 7) is 3.77. The van der Waals surface area contributed by atoms with Crippen molar-refractivity contribution in [3.63, 3.8) is 0 Å². The van der Waals surface area contributed by atoms with Crippen LogP contribution in [-0.2, 0) is 4.74 Å². The fourth-order valence-electron chi connectivity index (χ4n) is 1.09. The smallest absolute Gasteiger partial charge is 0.157 e. The third-order valence-corrected chi connectivity index (χ3v) is 1.47. The highest BCUT2D eigenvalue weighted by molar-refractivity contribution is 4.68. The normalized spacial score (nSPS) is 35.2. The van der Waals surface area contributed by atoms with E-state index < -0.39 is 6.29 Å². The Morgan fingerprint density at radius 3 is 2.17 bits per heavy atom. The fraction of sp³-hybridized carbons (Fsp3) is 1.00. The number of aliphatic hydroxyl groups excluding tert-OH is 3. The number of aliphatic hydroxyl groups is 3. The summed E-state index contributed by atoms with van der Waals surface area (Å²) in [4.78, 5) is 0. The molecule has 12 heavy (non-hydrogen) atoms. The summed E-state index contributed by atoms with van der Waals surface area (Å²) >= 11 is 0. The second kappa shape index (κ2) is 6.37. The summed E-state index contributed by atoms with van der Waals surface area (Å²) in [6, 6.07) is 0. The largest absolute Gasteiger partial charge is 0.397 e. The van der Waals surface area contributed by atoms with Crippen LogP contribution in [0.25, 0.3) is 0 Å². The molecule has 4 heteroatoms. The first-order chi connectivity index (χ1) is 5.60. The van der Waals surface area contributed by atoms with Crippen LogP contribution >= 0.6 is 0 Å². The number of rotatable bonds is 0. The van der Waals surface area contributed by atoms with Crippen molar-refractivity contribution >= 4 is 0 Å². The molecule has 0 aromatic heterocycles. The molecule has 3 N–H and O–H groups in total. The van der Waals surface area contributed by atoms with E-state index in [0.717, 1.165) is 0 Å². The lowest BCUT2D eigenvalue weighted by Gasteiger charge is -2.27. The maximum Gasteiger partial charge on any atom is 0.157 e. The molecule has 1 aliphatic heterocycles. The zero-order valence-electron chi connectivity index (χ0n) is 7.60. The lowest BCUT2D eigenvalue weighted by Crippen LogP contribution is -2.33. The van der Waals surface area contributed by atoms with E-state index in [-0.39, 0.29) is 18.8 Å². The van der Waals surface area contributed by atoms with Gasteiger partial charge in [0, 0.05) is 13.0 Å². The SMILES string of the molecule is CC1CC(O)CC(O)O1.CCO. The van der Waals surface area contributed by atoms with Crippen molar-refractivity contribution in [2.75, 3.05) is 6.61 Å². The van der Waals surface area contributed by atoms with Gasteiger partial charge in [0.2, 0.25) is 0 Å². The van der Waals surface area contributed by atoms with Crippen LogP contribution in [-0.4, -0.2) is 40.4 Å². The fourth-order valence-corrected chi connectivity index (χ4v) is 1.09. The molecule has 0 aliphatic carbocycles. The van der Waals surface area contributed by atoms with Crippen molar-refractivity contribution in [2.45, 2.75) is 45.2 Å². The van der Waals surface area contributed by atoms with E-state index in [1.807, 2.05) is 6.92 Å². The molecule has 3 atom stereocenters. The highest BCUT2D eigenvalue weighted by Crippen LogP contribution is 2.16. The van der Waals surface area contributed by atoms with Crippen molar-refractivity contribution in [3.8, 4) is 0 Å². The van der Waals surface area contributed by atoms with Gasteiger partial charge in [-0.3, -0.25) is 0 Å². The third kappa shape index (κ3) is 5.49. The molecular formula is C8H18O4. The molecule has 1 fully saturated rings. The maximum absolute atomic E-state index is 9.01. The van der Waals surface area contributed by atoms with E-state index in [9.17, 15) is 0 Å². The van der Waals surface area contributed by atoms with Crippen LogP contribution in [0, 0.1) is 0 Å². The number of hydrogen-bond acceptors (Lipinski definition) is 4. The van der Waals surface area contributed by atoms with Crippen molar-refractivity contribution < 1.29 is 20.1 Å². The van der Waals surface area contributed by atoms with Gasteiger partial charge in [-0.05, 0) is 20.3 Å². The van der Waals surface area contributed by atoms with Gasteiger partial charge in [0.1, 0.15) is 0 Å². The molecule has 0 saturated carbocycles. The predicted octanol–water partition coefficient (Wildman–Crippen LogP) is -0.137. The molecule has 0 aromatic rings. The molecule has 3 unspecified atom stereocenters. The predicted molar refractivity (Wildman–Crippen MR) is 44.6 cm³/mol. The average Bonchev–Trinajstić information content (AvgIpc) is 1.84. The summed E-state index contributed by atoms with van der Waals surface area (Å²) in [7, 11) is 0. The second-order valence-electron chi connectivity index (χ2n) is 2.84. The van der Waals surface area contributed by atoms with Crippen LogP contribution in [0.4, 0.5) is 0 Å². The molecule has 0 radical (unpaired) electrons. The maximum atomic E-state index is 9.01. The summed E-state index contributed by atoms with van der Waals surface area (Å²) in [5.41, 5.74) is 0. The molecule has 1 rings (SSSR count). The lowest BCUT2D eigenvalue weighted by atomic mass is 10.1. The first-order valence-corrected chi connectivity index (χ1v) is 4.22. The Bertz CT molecular complexity index is 82.2. The van der Waals surface area contributed by atoms with Crippen LogP contribution in [0.2, 0.25) is 0 Å². The van der Waals surface area contributed by atoms with Gasteiger partial charge in [-0.15, -0.1) is 0 Å². The van der Waals surface area contributed by atoms with Gasteiger partial charge < -0.3 is 20.1 Å². The van der Waals surface area contributed by atoms with E-state index in [4.69, 9.17) is 20.1 Å². The van der Waals surface area contributed by atoms with E-state index >= 15 is 0 Å². The molecular weight excluding hydrogens is 160 g/mol. The van der Waals surface area contributed by atoms with Crippen molar-refractivity contribution in [1.82, 2.24) is 0 Å². The zero-order valence-corrected chi connectivity index (χ0v) is 7.60. The Labute approximate surface area is 72.8 Å². The van der Waals surface area contributed by atoms with Gasteiger partial charge in [0.15, 0.2) is 6.29 Å². The Morgan fingerprint density at radius 2 is 1.83 bits per heavy atom.